The second kappa shape index (κ2) is 7.91. The third-order valence-corrected chi connectivity index (χ3v) is 2.68. The summed E-state index contributed by atoms with van der Waals surface area (Å²) in [5.41, 5.74) is 12.4. The molecule has 20 heavy (non-hydrogen) atoms. The first kappa shape index (κ1) is 15.7. The van der Waals surface area contributed by atoms with Crippen molar-refractivity contribution in [2.45, 2.75) is 18.9 Å². The number of hydrogen-bond donors (Lipinski definition) is 3. The summed E-state index contributed by atoms with van der Waals surface area (Å²) in [6.45, 7) is 0. The summed E-state index contributed by atoms with van der Waals surface area (Å²) in [7, 11) is 0. The number of carbonyl (C=O) groups excluding carboxylic acids is 1. The summed E-state index contributed by atoms with van der Waals surface area (Å²) in [6, 6.07) is 15.7. The molecule has 0 bridgehead atoms. The maximum atomic E-state index is 10.1. The van der Waals surface area contributed by atoms with Gasteiger partial charge in [0.25, 0.3) is 0 Å². The fraction of sp³-hybridized carbons (Fsp3) is 0.200. The molecule has 0 radical (unpaired) electrons. The first-order valence-corrected chi connectivity index (χ1v) is 6.21. The molecule has 0 aromatic rings. The van der Waals surface area contributed by atoms with Gasteiger partial charge < -0.3 is 16.6 Å². The Hall–Kier alpha value is -2.40. The fourth-order valence-corrected chi connectivity index (χ4v) is 1.56. The van der Waals surface area contributed by atoms with E-state index in [2.05, 4.69) is 42.5 Å². The highest BCUT2D eigenvalue weighted by Crippen LogP contribution is 2.19. The van der Waals surface area contributed by atoms with Crippen LogP contribution >= 0.6 is 0 Å². The van der Waals surface area contributed by atoms with Crippen LogP contribution in [0.15, 0.2) is 48.5 Å². The summed E-state index contributed by atoms with van der Waals surface area (Å²) in [5, 5.41) is 8.22. The maximum Gasteiger partial charge on any atom is 0.320 e. The number of rotatable bonds is 4. The number of carbonyl (C=O) groups is 2. The molecule has 0 spiro atoms. The van der Waals surface area contributed by atoms with Gasteiger partial charge >= 0.3 is 5.97 Å². The van der Waals surface area contributed by atoms with Crippen molar-refractivity contribution in [1.29, 1.82) is 0 Å². The van der Waals surface area contributed by atoms with E-state index in [1.54, 1.807) is 0 Å². The van der Waals surface area contributed by atoms with Crippen LogP contribution in [0.1, 0.15) is 12.8 Å². The van der Waals surface area contributed by atoms with Gasteiger partial charge in [0, 0.05) is 6.42 Å². The molecule has 0 aromatic carbocycles. The van der Waals surface area contributed by atoms with Gasteiger partial charge in [0.1, 0.15) is 6.04 Å². The van der Waals surface area contributed by atoms with Gasteiger partial charge in [-0.05, 0) is 17.5 Å². The second-order valence-electron chi connectivity index (χ2n) is 4.30. The molecule has 0 saturated carbocycles. The van der Waals surface area contributed by atoms with E-state index in [1.807, 2.05) is 6.07 Å². The molecule has 5 N–H and O–H groups in total. The molecular weight excluding hydrogens is 256 g/mol. The van der Waals surface area contributed by atoms with Gasteiger partial charge in [-0.25, -0.2) is 0 Å². The molecule has 2 aliphatic rings. The maximum absolute atomic E-state index is 10.1. The highest BCUT2D eigenvalue weighted by atomic mass is 16.4. The van der Waals surface area contributed by atoms with Gasteiger partial charge in [-0.2, -0.15) is 0 Å². The van der Waals surface area contributed by atoms with Crippen molar-refractivity contribution in [2.24, 2.45) is 11.5 Å². The quantitative estimate of drug-likeness (QED) is 0.784. The van der Waals surface area contributed by atoms with Gasteiger partial charge in [-0.1, -0.05) is 48.5 Å². The van der Waals surface area contributed by atoms with Crippen molar-refractivity contribution in [3.8, 4) is 11.1 Å². The number of amides is 1. The summed E-state index contributed by atoms with van der Waals surface area (Å²) >= 11 is 0. The Morgan fingerprint density at radius 1 is 1.00 bits per heavy atom. The molecule has 5 heteroatoms. The average molecular weight is 274 g/mol. The van der Waals surface area contributed by atoms with Crippen LogP contribution in [0.25, 0.3) is 11.1 Å². The Morgan fingerprint density at radius 2 is 1.50 bits per heavy atom. The number of primary amides is 1. The molecular formula is C15H18N2O3. The summed E-state index contributed by atoms with van der Waals surface area (Å²) in [5.74, 6) is -1.64. The van der Waals surface area contributed by atoms with E-state index in [0.717, 1.165) is 0 Å². The lowest BCUT2D eigenvalue weighted by Crippen LogP contribution is -2.31. The zero-order valence-electron chi connectivity index (χ0n) is 11.0. The van der Waals surface area contributed by atoms with E-state index in [9.17, 15) is 9.59 Å². The Balaban J connectivity index is 0.000000200. The molecule has 2 aliphatic carbocycles. The third kappa shape index (κ3) is 5.49. The molecule has 0 unspecified atom stereocenters. The number of aliphatic carboxylic acids is 1. The summed E-state index contributed by atoms with van der Waals surface area (Å²) < 4.78 is 0. The molecule has 1 atom stereocenters. The van der Waals surface area contributed by atoms with Crippen molar-refractivity contribution >= 4 is 11.9 Å². The fourth-order valence-electron chi connectivity index (χ4n) is 1.56. The molecule has 106 valence electrons. The van der Waals surface area contributed by atoms with E-state index in [0.29, 0.717) is 0 Å². The van der Waals surface area contributed by atoms with Gasteiger partial charge in [0.05, 0.1) is 0 Å². The topological polar surface area (TPSA) is 106 Å². The smallest absolute Gasteiger partial charge is 0.320 e. The standard InChI is InChI=1S/C10H8.C5H10N2O3/c1-2-5-9-7-4-8-10(9)6-3-1;6-3(5(9)10)1-2-4(7)8/h1-8H;3H,1-2,6H2,(H2,7,8)(H,9,10)/t;3-/m.0/s1. The van der Waals surface area contributed by atoms with Crippen molar-refractivity contribution in [2.75, 3.05) is 0 Å². The van der Waals surface area contributed by atoms with Crippen molar-refractivity contribution < 1.29 is 14.7 Å². The van der Waals surface area contributed by atoms with E-state index in [-0.39, 0.29) is 12.8 Å². The second-order valence-corrected chi connectivity index (χ2v) is 4.30. The van der Waals surface area contributed by atoms with Crippen molar-refractivity contribution in [3.63, 3.8) is 0 Å². The van der Waals surface area contributed by atoms with Crippen molar-refractivity contribution in [3.05, 3.63) is 48.5 Å². The largest absolute Gasteiger partial charge is 0.480 e. The van der Waals surface area contributed by atoms with Crippen LogP contribution < -0.4 is 11.5 Å². The summed E-state index contributed by atoms with van der Waals surface area (Å²) in [6.07, 6.45) is 0.123. The Kier molecular flexibility index (Phi) is 6.19. The normalized spacial score (nSPS) is 11.2. The van der Waals surface area contributed by atoms with Gasteiger partial charge in [0.2, 0.25) is 5.91 Å². The highest BCUT2D eigenvalue weighted by Gasteiger charge is 2.11. The van der Waals surface area contributed by atoms with E-state index in [1.165, 1.54) is 11.1 Å². The SMILES string of the molecule is NC(=O)CC[C@H](N)C(=O)O.c1ccc2cccc-2cc1. The lowest BCUT2D eigenvalue weighted by atomic mass is 10.2. The van der Waals surface area contributed by atoms with Gasteiger partial charge in [-0.15, -0.1) is 0 Å². The zero-order valence-corrected chi connectivity index (χ0v) is 11.0. The third-order valence-electron chi connectivity index (χ3n) is 2.68. The first-order valence-electron chi connectivity index (χ1n) is 6.21. The van der Waals surface area contributed by atoms with Crippen LogP contribution in [0, 0.1) is 0 Å². The van der Waals surface area contributed by atoms with E-state index in [4.69, 9.17) is 16.6 Å². The van der Waals surface area contributed by atoms with Crippen LogP contribution in [-0.4, -0.2) is 23.0 Å². The van der Waals surface area contributed by atoms with Crippen LogP contribution in [-0.2, 0) is 9.59 Å². The monoisotopic (exact) mass is 274 g/mol. The predicted molar refractivity (Wildman–Crippen MR) is 77.1 cm³/mol. The number of carboxylic acids is 1. The Bertz CT molecular complexity index is 515. The van der Waals surface area contributed by atoms with Gasteiger partial charge in [-0.3, -0.25) is 9.59 Å². The minimum atomic E-state index is -1.11. The molecule has 0 aromatic heterocycles. The minimum absolute atomic E-state index is 0.0213. The number of hydrogen-bond acceptors (Lipinski definition) is 3. The van der Waals surface area contributed by atoms with Gasteiger partial charge in [0.15, 0.2) is 0 Å². The lowest BCUT2D eigenvalue weighted by molar-refractivity contribution is -0.138. The molecule has 5 nitrogen and oxygen atoms in total. The molecule has 0 heterocycles. The lowest BCUT2D eigenvalue weighted by Gasteiger charge is -2.01. The van der Waals surface area contributed by atoms with Crippen molar-refractivity contribution in [1.82, 2.24) is 0 Å². The zero-order chi connectivity index (χ0) is 15.0. The van der Waals surface area contributed by atoms with E-state index < -0.39 is 17.9 Å². The van der Waals surface area contributed by atoms with Crippen LogP contribution in [0.2, 0.25) is 0 Å². The Labute approximate surface area is 117 Å². The first-order chi connectivity index (χ1) is 9.50. The molecule has 0 saturated heterocycles. The van der Waals surface area contributed by atoms with Crippen LogP contribution in [0.3, 0.4) is 0 Å². The van der Waals surface area contributed by atoms with E-state index >= 15 is 0 Å². The highest BCUT2D eigenvalue weighted by molar-refractivity contribution is 5.77. The average Bonchev–Trinajstić information content (AvgIpc) is 2.73. The molecule has 2 rings (SSSR count). The van der Waals surface area contributed by atoms with Crippen LogP contribution in [0.4, 0.5) is 0 Å². The molecule has 0 aliphatic heterocycles. The van der Waals surface area contributed by atoms with Crippen LogP contribution in [0.5, 0.6) is 0 Å². The predicted octanol–water partition coefficient (Wildman–Crippen LogP) is 1.46. The number of carboxylic acid groups (broad SMARTS) is 1. The molecule has 0 fully saturated rings. The number of fused-ring (bicyclic) bond motifs is 1. The number of nitrogens with two attached hydrogens (primary N) is 2. The Morgan fingerprint density at radius 3 is 1.95 bits per heavy atom. The summed E-state index contributed by atoms with van der Waals surface area (Å²) in [4.78, 5) is 20.1. The minimum Gasteiger partial charge on any atom is -0.480 e. The molecule has 1 amide bonds.